The monoisotopic (exact) mass is 410 g/mol. The number of carbonyl (C=O) groups is 2. The van der Waals surface area contributed by atoms with Crippen LogP contribution in [0.3, 0.4) is 0 Å². The second-order valence-electron chi connectivity index (χ2n) is 9.46. The van der Waals surface area contributed by atoms with Crippen LogP contribution >= 0.6 is 0 Å². The fourth-order valence-corrected chi connectivity index (χ4v) is 4.56. The molecule has 1 heterocycles. The van der Waals surface area contributed by atoms with Crippen molar-refractivity contribution < 1.29 is 19.4 Å². The molecule has 0 fully saturated rings. The molecular formula is C26H34O4. The Morgan fingerprint density at radius 2 is 1.47 bits per heavy atom. The van der Waals surface area contributed by atoms with Gasteiger partial charge in [-0.3, -0.25) is 9.59 Å². The lowest BCUT2D eigenvalue weighted by atomic mass is 9.77. The highest BCUT2D eigenvalue weighted by molar-refractivity contribution is 6.24. The summed E-state index contributed by atoms with van der Waals surface area (Å²) in [4.78, 5) is 26.2. The van der Waals surface area contributed by atoms with Gasteiger partial charge in [0.25, 0.3) is 0 Å². The Labute approximate surface area is 180 Å². The van der Waals surface area contributed by atoms with Gasteiger partial charge in [-0.1, -0.05) is 34.9 Å². The fraction of sp³-hybridized carbons (Fsp3) is 0.538. The average Bonchev–Trinajstić information content (AvgIpc) is 2.94. The number of rotatable bonds is 0. The van der Waals surface area contributed by atoms with Crippen LogP contribution in [0.2, 0.25) is 0 Å². The molecule has 1 unspecified atom stereocenters. The van der Waals surface area contributed by atoms with Gasteiger partial charge < -0.3 is 9.84 Å². The minimum absolute atomic E-state index is 0.148. The number of fused-ring (bicyclic) bond motifs is 10. The first-order valence-corrected chi connectivity index (χ1v) is 11.0. The summed E-state index contributed by atoms with van der Waals surface area (Å²) in [5.74, 6) is -1.25. The zero-order chi connectivity index (χ0) is 22.1. The summed E-state index contributed by atoms with van der Waals surface area (Å²) in [5.41, 5.74) is 3.68. The first-order chi connectivity index (χ1) is 14.1. The highest BCUT2D eigenvalue weighted by Gasteiger charge is 2.51. The zero-order valence-electron chi connectivity index (χ0n) is 18.9. The van der Waals surface area contributed by atoms with Crippen molar-refractivity contribution in [2.75, 3.05) is 0 Å². The van der Waals surface area contributed by atoms with Crippen molar-refractivity contribution in [3.05, 3.63) is 57.6 Å². The van der Waals surface area contributed by atoms with Crippen LogP contribution in [0.15, 0.2) is 57.6 Å². The normalized spacial score (nSPS) is 31.2. The van der Waals surface area contributed by atoms with E-state index in [1.54, 1.807) is 0 Å². The summed E-state index contributed by atoms with van der Waals surface area (Å²) in [6, 6.07) is 0. The van der Waals surface area contributed by atoms with Gasteiger partial charge in [0, 0.05) is 5.92 Å². The molecule has 4 aliphatic rings. The Morgan fingerprint density at radius 3 is 2.10 bits per heavy atom. The van der Waals surface area contributed by atoms with Gasteiger partial charge >= 0.3 is 0 Å². The third kappa shape index (κ3) is 4.53. The van der Waals surface area contributed by atoms with Crippen LogP contribution in [0, 0.1) is 5.92 Å². The number of aliphatic hydroxyl groups is 1. The lowest BCUT2D eigenvalue weighted by Crippen LogP contribution is -2.31. The molecule has 0 spiro atoms. The number of carbonyl (C=O) groups excluding carboxylic acids is 2. The minimum atomic E-state index is -0.653. The summed E-state index contributed by atoms with van der Waals surface area (Å²) in [6.45, 7) is 10.2. The predicted octanol–water partition coefficient (Wildman–Crippen LogP) is 6.21. The number of ether oxygens (including phenoxy) is 1. The van der Waals surface area contributed by atoms with Gasteiger partial charge in [-0.25, -0.2) is 0 Å². The Kier molecular flexibility index (Phi) is 6.54. The molecule has 4 rings (SSSR count). The molecule has 0 saturated heterocycles. The van der Waals surface area contributed by atoms with E-state index in [2.05, 4.69) is 26.0 Å². The molecule has 0 aromatic carbocycles. The third-order valence-corrected chi connectivity index (χ3v) is 6.57. The van der Waals surface area contributed by atoms with Gasteiger partial charge in [0.2, 0.25) is 11.6 Å². The van der Waals surface area contributed by atoms with Crippen molar-refractivity contribution in [1.29, 1.82) is 0 Å². The molecule has 30 heavy (non-hydrogen) atoms. The lowest BCUT2D eigenvalue weighted by molar-refractivity contribution is -0.120. The van der Waals surface area contributed by atoms with E-state index in [0.717, 1.165) is 37.7 Å². The SMILES string of the molecule is C/C1=C\CC/C(C)=C/CC2=C(O)C(=O)C3=C(OC(C)(C)C3CC/C(C)=C/CC1)C2=O. The van der Waals surface area contributed by atoms with E-state index in [1.165, 1.54) is 11.1 Å². The third-order valence-electron chi connectivity index (χ3n) is 6.57. The van der Waals surface area contributed by atoms with Crippen molar-refractivity contribution in [3.8, 4) is 0 Å². The predicted molar refractivity (Wildman–Crippen MR) is 119 cm³/mol. The molecule has 3 aliphatic carbocycles. The van der Waals surface area contributed by atoms with Crippen molar-refractivity contribution in [3.63, 3.8) is 0 Å². The first kappa shape index (κ1) is 22.3. The van der Waals surface area contributed by atoms with E-state index in [1.807, 2.05) is 26.8 Å². The average molecular weight is 411 g/mol. The summed E-state index contributed by atoms with van der Waals surface area (Å²) < 4.78 is 6.03. The van der Waals surface area contributed by atoms with Gasteiger partial charge in [0.15, 0.2) is 11.5 Å². The second kappa shape index (κ2) is 8.79. The molecular weight excluding hydrogens is 376 g/mol. The van der Waals surface area contributed by atoms with Crippen LogP contribution < -0.4 is 0 Å². The summed E-state index contributed by atoms with van der Waals surface area (Å²) >= 11 is 0. The number of aliphatic hydroxyl groups excluding tert-OH is 1. The molecule has 0 aromatic heterocycles. The Bertz CT molecular complexity index is 905. The van der Waals surface area contributed by atoms with Crippen LogP contribution in [0.4, 0.5) is 0 Å². The maximum atomic E-state index is 13.1. The molecule has 4 bridgehead atoms. The molecule has 1 N–H and O–H groups in total. The molecule has 4 heteroatoms. The van der Waals surface area contributed by atoms with Gasteiger partial charge in [-0.05, 0) is 79.6 Å². The van der Waals surface area contributed by atoms with Crippen LogP contribution in [0.1, 0.15) is 79.6 Å². The van der Waals surface area contributed by atoms with Gasteiger partial charge in [0.05, 0.1) is 11.1 Å². The Morgan fingerprint density at radius 1 is 0.900 bits per heavy atom. The van der Waals surface area contributed by atoms with Crippen molar-refractivity contribution in [2.24, 2.45) is 5.92 Å². The Hall–Kier alpha value is -2.36. The van der Waals surface area contributed by atoms with Crippen LogP contribution in [-0.4, -0.2) is 22.3 Å². The van der Waals surface area contributed by atoms with Crippen molar-refractivity contribution >= 4 is 11.6 Å². The van der Waals surface area contributed by atoms with Crippen LogP contribution in [0.25, 0.3) is 0 Å². The first-order valence-electron chi connectivity index (χ1n) is 11.0. The summed E-state index contributed by atoms with van der Waals surface area (Å²) in [6.07, 6.45) is 12.2. The summed E-state index contributed by atoms with van der Waals surface area (Å²) in [7, 11) is 0. The number of hydrogen-bond donors (Lipinski definition) is 1. The molecule has 0 amide bonds. The number of hydrogen-bond acceptors (Lipinski definition) is 4. The standard InChI is InChI=1S/C26H34O4/c1-16-8-6-10-17(2)12-14-19-22(27)24(29)21-20(15-13-18(3)11-7-9-16)26(4,5)30-25(21)23(19)28/h8,11-12,20,27H,6-7,9-10,13-15H2,1-5H3/b16-8+,17-12+,18-11+. The summed E-state index contributed by atoms with van der Waals surface area (Å²) in [5, 5.41) is 10.6. The highest BCUT2D eigenvalue weighted by Crippen LogP contribution is 2.46. The maximum absolute atomic E-state index is 13.1. The lowest BCUT2D eigenvalue weighted by Gasteiger charge is -2.27. The number of Topliss-reactive ketones (excluding diaryl/α,β-unsaturated/α-hetero) is 2. The van der Waals surface area contributed by atoms with Gasteiger partial charge in [-0.15, -0.1) is 0 Å². The number of allylic oxidation sites excluding steroid dienone is 8. The molecule has 162 valence electrons. The Balaban J connectivity index is 1.98. The highest BCUT2D eigenvalue weighted by atomic mass is 16.5. The van der Waals surface area contributed by atoms with Crippen LogP contribution in [0.5, 0.6) is 0 Å². The fourth-order valence-electron chi connectivity index (χ4n) is 4.56. The van der Waals surface area contributed by atoms with E-state index in [0.29, 0.717) is 12.0 Å². The topological polar surface area (TPSA) is 63.6 Å². The van der Waals surface area contributed by atoms with E-state index < -0.39 is 17.1 Å². The van der Waals surface area contributed by atoms with Gasteiger partial charge in [-0.2, -0.15) is 0 Å². The van der Waals surface area contributed by atoms with E-state index >= 15 is 0 Å². The zero-order valence-corrected chi connectivity index (χ0v) is 18.9. The second-order valence-corrected chi connectivity index (χ2v) is 9.46. The maximum Gasteiger partial charge on any atom is 0.228 e. The number of ketones is 2. The van der Waals surface area contributed by atoms with E-state index in [4.69, 9.17) is 4.74 Å². The molecule has 0 radical (unpaired) electrons. The largest absolute Gasteiger partial charge is 0.504 e. The smallest absolute Gasteiger partial charge is 0.228 e. The van der Waals surface area contributed by atoms with Gasteiger partial charge in [0.1, 0.15) is 5.60 Å². The molecule has 0 aromatic rings. The van der Waals surface area contributed by atoms with Crippen LogP contribution in [-0.2, 0) is 14.3 Å². The molecule has 1 aliphatic heterocycles. The van der Waals surface area contributed by atoms with Crippen molar-refractivity contribution in [1.82, 2.24) is 0 Å². The molecule has 0 saturated carbocycles. The van der Waals surface area contributed by atoms with E-state index in [9.17, 15) is 14.7 Å². The van der Waals surface area contributed by atoms with E-state index in [-0.39, 0.29) is 29.5 Å². The molecule has 4 nitrogen and oxygen atoms in total. The minimum Gasteiger partial charge on any atom is -0.504 e. The van der Waals surface area contributed by atoms with Crippen molar-refractivity contribution in [2.45, 2.75) is 85.2 Å². The quantitative estimate of drug-likeness (QED) is 0.381. The molecule has 1 atom stereocenters.